The fraction of sp³-hybridized carbons (Fsp3) is 0.478. The zero-order valence-corrected chi connectivity index (χ0v) is 19.8. The average Bonchev–Trinajstić information content (AvgIpc) is 2.69. The highest BCUT2D eigenvalue weighted by Gasteiger charge is 2.39. The normalized spacial score (nSPS) is 19.6. The van der Waals surface area contributed by atoms with Crippen molar-refractivity contribution in [3.05, 3.63) is 52.4 Å². The topological polar surface area (TPSA) is 106 Å². The first-order valence-electron chi connectivity index (χ1n) is 10.5. The first-order valence-corrected chi connectivity index (χ1v) is 12.4. The minimum atomic E-state index is -3.32. The molecule has 0 radical (unpaired) electrons. The number of rotatable bonds is 4. The molecule has 32 heavy (non-hydrogen) atoms. The summed E-state index contributed by atoms with van der Waals surface area (Å²) in [6.45, 7) is 8.25. The van der Waals surface area contributed by atoms with Gasteiger partial charge in [0.05, 0.1) is 4.90 Å². The van der Waals surface area contributed by atoms with Crippen molar-refractivity contribution in [3.8, 4) is 11.4 Å². The molecule has 9 heteroatoms. The van der Waals surface area contributed by atoms with E-state index in [1.165, 1.54) is 27.7 Å². The number of likely N-dealkylation sites (tertiary alicyclic amines) is 1. The van der Waals surface area contributed by atoms with Crippen LogP contribution < -0.4 is 10.3 Å². The summed E-state index contributed by atoms with van der Waals surface area (Å²) in [6.07, 6.45) is 2.78. The molecule has 0 saturated carbocycles. The van der Waals surface area contributed by atoms with Crippen LogP contribution in [0.5, 0.6) is 5.75 Å². The highest BCUT2D eigenvalue weighted by Crippen LogP contribution is 2.34. The van der Waals surface area contributed by atoms with E-state index in [1.807, 2.05) is 27.7 Å². The fourth-order valence-electron chi connectivity index (χ4n) is 4.07. The second kappa shape index (κ2) is 8.61. The molecule has 1 amide bonds. The number of pyridine rings is 1. The van der Waals surface area contributed by atoms with Crippen LogP contribution in [0.3, 0.4) is 0 Å². The number of piperidine rings is 1. The van der Waals surface area contributed by atoms with Gasteiger partial charge in [0, 0.05) is 55.2 Å². The van der Waals surface area contributed by atoms with Crippen LogP contribution in [0.1, 0.15) is 39.2 Å². The molecule has 3 rings (SSSR count). The van der Waals surface area contributed by atoms with Gasteiger partial charge in [0.25, 0.3) is 5.56 Å². The molecule has 2 aromatic rings. The Morgan fingerprint density at radius 1 is 1.19 bits per heavy atom. The van der Waals surface area contributed by atoms with Gasteiger partial charge in [-0.25, -0.2) is 13.2 Å². The quantitative estimate of drug-likeness (QED) is 0.746. The first-order chi connectivity index (χ1) is 14.8. The molecule has 174 valence electrons. The maximum atomic E-state index is 12.8. The van der Waals surface area contributed by atoms with Crippen LogP contribution in [0, 0.1) is 12.3 Å². The van der Waals surface area contributed by atoms with E-state index in [2.05, 4.69) is 0 Å². The number of amides is 1. The van der Waals surface area contributed by atoms with Crippen molar-refractivity contribution in [2.75, 3.05) is 12.8 Å². The maximum Gasteiger partial charge on any atom is 0.407 e. The Morgan fingerprint density at radius 2 is 1.81 bits per heavy atom. The molecule has 1 aliphatic heterocycles. The van der Waals surface area contributed by atoms with Crippen LogP contribution in [0.15, 0.2) is 46.2 Å². The molecule has 0 bridgehead atoms. The molecule has 1 aromatic heterocycles. The SMILES string of the molecule is Cc1cn(-c2ccc(S(C)(=O)=O)cc2)c(=O)cc1OC1CCN(C(=O)O)C(C(C)(C)C)C1. The number of sulfone groups is 1. The summed E-state index contributed by atoms with van der Waals surface area (Å²) in [4.78, 5) is 26.1. The molecule has 1 aromatic carbocycles. The van der Waals surface area contributed by atoms with Gasteiger partial charge < -0.3 is 14.7 Å². The minimum Gasteiger partial charge on any atom is -0.490 e. The minimum absolute atomic E-state index is 0.187. The number of carboxylic acid groups (broad SMARTS) is 1. The monoisotopic (exact) mass is 462 g/mol. The summed E-state index contributed by atoms with van der Waals surface area (Å²) in [5, 5.41) is 9.54. The zero-order chi connectivity index (χ0) is 23.8. The third-order valence-corrected chi connectivity index (χ3v) is 6.97. The van der Waals surface area contributed by atoms with Crippen molar-refractivity contribution < 1.29 is 23.1 Å². The third kappa shape index (κ3) is 5.15. The van der Waals surface area contributed by atoms with E-state index in [0.717, 1.165) is 11.8 Å². The van der Waals surface area contributed by atoms with Gasteiger partial charge >= 0.3 is 6.09 Å². The van der Waals surface area contributed by atoms with Crippen LogP contribution in [-0.4, -0.2) is 54.0 Å². The van der Waals surface area contributed by atoms with Gasteiger partial charge in [0.2, 0.25) is 0 Å². The van der Waals surface area contributed by atoms with Gasteiger partial charge in [-0.15, -0.1) is 0 Å². The first kappa shape index (κ1) is 23.8. The Morgan fingerprint density at radius 3 is 2.34 bits per heavy atom. The van der Waals surface area contributed by atoms with E-state index >= 15 is 0 Å². The molecule has 1 aliphatic rings. The van der Waals surface area contributed by atoms with E-state index in [9.17, 15) is 23.1 Å². The lowest BCUT2D eigenvalue weighted by Crippen LogP contribution is -2.53. The summed E-state index contributed by atoms with van der Waals surface area (Å²) in [6, 6.07) is 7.36. The Balaban J connectivity index is 1.83. The number of benzene rings is 1. The third-order valence-electron chi connectivity index (χ3n) is 5.84. The van der Waals surface area contributed by atoms with E-state index in [-0.39, 0.29) is 28.0 Å². The predicted octanol–water partition coefficient (Wildman–Crippen LogP) is 3.49. The highest BCUT2D eigenvalue weighted by atomic mass is 32.2. The van der Waals surface area contributed by atoms with Crippen molar-refractivity contribution in [1.82, 2.24) is 9.47 Å². The Labute approximate surface area is 188 Å². The predicted molar refractivity (Wildman–Crippen MR) is 122 cm³/mol. The summed E-state index contributed by atoms with van der Waals surface area (Å²) >= 11 is 0. The van der Waals surface area contributed by atoms with Crippen molar-refractivity contribution in [3.63, 3.8) is 0 Å². The van der Waals surface area contributed by atoms with Gasteiger partial charge in [0.1, 0.15) is 11.9 Å². The van der Waals surface area contributed by atoms with Gasteiger partial charge in [0.15, 0.2) is 9.84 Å². The number of ether oxygens (including phenoxy) is 1. The van der Waals surface area contributed by atoms with Crippen LogP contribution >= 0.6 is 0 Å². The molecule has 0 aliphatic carbocycles. The number of carbonyl (C=O) groups is 1. The number of nitrogens with zero attached hydrogens (tertiary/aromatic N) is 2. The molecule has 1 saturated heterocycles. The Bertz CT molecular complexity index is 1160. The second-order valence-electron chi connectivity index (χ2n) is 9.42. The second-order valence-corrected chi connectivity index (χ2v) is 11.4. The lowest BCUT2D eigenvalue weighted by Gasteiger charge is -2.44. The maximum absolute atomic E-state index is 12.8. The van der Waals surface area contributed by atoms with Crippen molar-refractivity contribution in [2.24, 2.45) is 5.41 Å². The van der Waals surface area contributed by atoms with Crippen LogP contribution in [0.4, 0.5) is 4.79 Å². The van der Waals surface area contributed by atoms with E-state index in [1.54, 1.807) is 18.3 Å². The number of hydrogen-bond acceptors (Lipinski definition) is 5. The van der Waals surface area contributed by atoms with Crippen molar-refractivity contribution in [2.45, 2.75) is 57.6 Å². The summed E-state index contributed by atoms with van der Waals surface area (Å²) < 4.78 is 30.9. The molecule has 2 heterocycles. The Kier molecular flexibility index (Phi) is 6.42. The number of aryl methyl sites for hydroxylation is 1. The highest BCUT2D eigenvalue weighted by molar-refractivity contribution is 7.90. The molecule has 0 spiro atoms. The van der Waals surface area contributed by atoms with E-state index in [4.69, 9.17) is 4.74 Å². The molecule has 1 fully saturated rings. The van der Waals surface area contributed by atoms with E-state index in [0.29, 0.717) is 30.8 Å². The Hall–Kier alpha value is -2.81. The van der Waals surface area contributed by atoms with Crippen LogP contribution in [-0.2, 0) is 9.84 Å². The van der Waals surface area contributed by atoms with Gasteiger partial charge in [-0.05, 0) is 36.6 Å². The smallest absolute Gasteiger partial charge is 0.407 e. The fourth-order valence-corrected chi connectivity index (χ4v) is 4.70. The lowest BCUT2D eigenvalue weighted by molar-refractivity contribution is 0.0127. The van der Waals surface area contributed by atoms with Crippen molar-refractivity contribution >= 4 is 15.9 Å². The number of hydrogen-bond donors (Lipinski definition) is 1. The summed E-state index contributed by atoms with van der Waals surface area (Å²) in [5.74, 6) is 0.473. The summed E-state index contributed by atoms with van der Waals surface area (Å²) in [5.41, 5.74) is 0.772. The zero-order valence-electron chi connectivity index (χ0n) is 19.0. The standard InChI is InChI=1S/C23H30N2O6S/c1-15-14-25(16-6-8-18(9-7-16)32(5,29)30)21(26)13-19(15)31-17-10-11-24(22(27)28)20(12-17)23(2,3)4/h6-9,13-14,17,20H,10-12H2,1-5H3,(H,27,28). The molecular weight excluding hydrogens is 432 g/mol. The van der Waals surface area contributed by atoms with E-state index < -0.39 is 15.9 Å². The summed E-state index contributed by atoms with van der Waals surface area (Å²) in [7, 11) is -3.32. The molecule has 1 N–H and O–H groups in total. The van der Waals surface area contributed by atoms with Crippen LogP contribution in [0.25, 0.3) is 5.69 Å². The average molecular weight is 463 g/mol. The molecule has 2 unspecified atom stereocenters. The molecule has 8 nitrogen and oxygen atoms in total. The molecular formula is C23H30N2O6S. The van der Waals surface area contributed by atoms with Gasteiger partial charge in [-0.2, -0.15) is 0 Å². The lowest BCUT2D eigenvalue weighted by atomic mass is 9.80. The van der Waals surface area contributed by atoms with Crippen molar-refractivity contribution in [1.29, 1.82) is 0 Å². The largest absolute Gasteiger partial charge is 0.490 e. The molecule has 2 atom stereocenters. The van der Waals surface area contributed by atoms with Gasteiger partial charge in [-0.3, -0.25) is 9.36 Å². The van der Waals surface area contributed by atoms with Gasteiger partial charge in [-0.1, -0.05) is 20.8 Å². The number of aromatic nitrogens is 1. The van der Waals surface area contributed by atoms with Crippen LogP contribution in [0.2, 0.25) is 0 Å².